The number of likely N-dealkylation sites (tertiary alicyclic amines) is 1. The van der Waals surface area contributed by atoms with Crippen LogP contribution in [0.4, 0.5) is 0 Å². The third kappa shape index (κ3) is 8.36. The highest BCUT2D eigenvalue weighted by atomic mass is 16.5. The van der Waals surface area contributed by atoms with Crippen LogP contribution < -0.4 is 15.4 Å². The molecule has 0 bridgehead atoms. The van der Waals surface area contributed by atoms with Gasteiger partial charge in [0.1, 0.15) is 17.6 Å². The number of aryl methyl sites for hydroxylation is 1. The van der Waals surface area contributed by atoms with Gasteiger partial charge in [0.2, 0.25) is 11.8 Å². The molecule has 1 fully saturated rings. The van der Waals surface area contributed by atoms with E-state index in [-0.39, 0.29) is 24.0 Å². The van der Waals surface area contributed by atoms with Crippen molar-refractivity contribution in [2.24, 2.45) is 0 Å². The Morgan fingerprint density at radius 1 is 1.11 bits per heavy atom. The average molecular weight is 499 g/mol. The fourth-order valence-electron chi connectivity index (χ4n) is 4.93. The number of methoxy groups -OCH3 is 1. The smallest absolute Gasteiger partial charge is 0.242 e. The number of ether oxygens (including phenoxy) is 1. The molecule has 3 N–H and O–H groups in total. The zero-order valence-electron chi connectivity index (χ0n) is 22.1. The van der Waals surface area contributed by atoms with Gasteiger partial charge in [0.25, 0.3) is 0 Å². The highest BCUT2D eigenvalue weighted by molar-refractivity contribution is 5.93. The highest BCUT2D eigenvalue weighted by Crippen LogP contribution is 2.26. The van der Waals surface area contributed by atoms with Crippen molar-refractivity contribution in [2.75, 3.05) is 33.3 Å². The van der Waals surface area contributed by atoms with Crippen LogP contribution in [0.3, 0.4) is 0 Å². The number of hydrogen-bond acceptors (Lipinski definition) is 5. The number of benzene rings is 1. The van der Waals surface area contributed by atoms with Crippen LogP contribution in [-0.2, 0) is 20.8 Å². The topological polar surface area (TPSA) is 104 Å². The van der Waals surface area contributed by atoms with Gasteiger partial charge in [0, 0.05) is 36.1 Å². The molecule has 2 amide bonds. The number of aromatic amines is 1. The predicted molar refractivity (Wildman–Crippen MR) is 142 cm³/mol. The molecule has 1 saturated heterocycles. The molecule has 2 heterocycles. The van der Waals surface area contributed by atoms with E-state index in [1.54, 1.807) is 14.0 Å². The number of H-pyrrole nitrogens is 1. The summed E-state index contributed by atoms with van der Waals surface area (Å²) in [4.78, 5) is 43.1. The van der Waals surface area contributed by atoms with E-state index in [0.717, 1.165) is 66.8 Å². The number of carbonyl (C=O) groups is 3. The monoisotopic (exact) mass is 498 g/mol. The Kier molecular flexibility index (Phi) is 10.8. The van der Waals surface area contributed by atoms with Gasteiger partial charge in [-0.3, -0.25) is 9.59 Å². The molecule has 0 unspecified atom stereocenters. The Balaban J connectivity index is 1.60. The van der Waals surface area contributed by atoms with Crippen molar-refractivity contribution in [1.29, 1.82) is 0 Å². The Labute approximate surface area is 214 Å². The number of unbranched alkanes of at least 4 members (excludes halogenated alkanes) is 2. The summed E-state index contributed by atoms with van der Waals surface area (Å²) in [6.45, 7) is 7.14. The number of rotatable bonds is 14. The number of hydrogen-bond donors (Lipinski definition) is 3. The first-order valence-electron chi connectivity index (χ1n) is 13.3. The molecule has 198 valence electrons. The van der Waals surface area contributed by atoms with Gasteiger partial charge in [-0.05, 0) is 76.4 Å². The summed E-state index contributed by atoms with van der Waals surface area (Å²) in [6.07, 6.45) is 7.45. The van der Waals surface area contributed by atoms with Gasteiger partial charge >= 0.3 is 0 Å². The van der Waals surface area contributed by atoms with Crippen molar-refractivity contribution in [3.63, 3.8) is 0 Å². The second-order valence-corrected chi connectivity index (χ2v) is 9.93. The first-order chi connectivity index (χ1) is 17.4. The van der Waals surface area contributed by atoms with Crippen molar-refractivity contribution in [3.05, 3.63) is 29.5 Å². The molecular weight excluding hydrogens is 456 g/mol. The summed E-state index contributed by atoms with van der Waals surface area (Å²) in [5.74, 6) is 0.603. The van der Waals surface area contributed by atoms with Crippen LogP contribution in [0, 0.1) is 6.92 Å². The summed E-state index contributed by atoms with van der Waals surface area (Å²) in [7, 11) is 1.62. The fourth-order valence-corrected chi connectivity index (χ4v) is 4.93. The quantitative estimate of drug-likeness (QED) is 0.345. The second kappa shape index (κ2) is 14.0. The van der Waals surface area contributed by atoms with Crippen molar-refractivity contribution in [3.8, 4) is 5.75 Å². The Morgan fingerprint density at radius 2 is 1.89 bits per heavy atom. The van der Waals surface area contributed by atoms with E-state index < -0.39 is 6.04 Å². The zero-order valence-corrected chi connectivity index (χ0v) is 22.1. The van der Waals surface area contributed by atoms with Gasteiger partial charge in [-0.25, -0.2) is 0 Å². The number of fused-ring (bicyclic) bond motifs is 1. The fraction of sp³-hybridized carbons (Fsp3) is 0.607. The maximum absolute atomic E-state index is 13.1. The average Bonchev–Trinajstić information content (AvgIpc) is 3.17. The van der Waals surface area contributed by atoms with E-state index in [9.17, 15) is 14.4 Å². The van der Waals surface area contributed by atoms with E-state index in [0.29, 0.717) is 19.4 Å². The van der Waals surface area contributed by atoms with Crippen LogP contribution in [0.25, 0.3) is 10.9 Å². The standard InChI is InChI=1S/C28H42N4O4/c1-20(33)10-6-4-7-11-26(28(35)29-14-17-32-15-8-5-9-16-32)31-27(34)19-23-21(2)30-25-13-12-22(36-3)18-24(23)25/h12-13,18,26,30H,4-11,14-17,19H2,1-3H3,(H,29,35)(H,31,34)/t26-/m0/s1. The third-order valence-corrected chi connectivity index (χ3v) is 7.01. The van der Waals surface area contributed by atoms with Crippen molar-refractivity contribution in [1.82, 2.24) is 20.5 Å². The molecule has 0 radical (unpaired) electrons. The van der Waals surface area contributed by atoms with E-state index in [1.165, 1.54) is 19.3 Å². The molecule has 1 aliphatic rings. The lowest BCUT2D eigenvalue weighted by atomic mass is 10.0. The first-order valence-corrected chi connectivity index (χ1v) is 13.3. The van der Waals surface area contributed by atoms with Crippen LogP contribution in [0.1, 0.15) is 69.5 Å². The predicted octanol–water partition coefficient (Wildman–Crippen LogP) is 3.65. The number of amides is 2. The highest BCUT2D eigenvalue weighted by Gasteiger charge is 2.22. The van der Waals surface area contributed by atoms with Gasteiger partial charge in [-0.2, -0.15) is 0 Å². The number of piperidine rings is 1. The Bertz CT molecular complexity index is 1030. The zero-order chi connectivity index (χ0) is 25.9. The van der Waals surface area contributed by atoms with Crippen LogP contribution in [-0.4, -0.2) is 66.8 Å². The van der Waals surface area contributed by atoms with Crippen LogP contribution in [0.5, 0.6) is 5.75 Å². The minimum Gasteiger partial charge on any atom is -0.497 e. The molecule has 1 aromatic carbocycles. The van der Waals surface area contributed by atoms with Gasteiger partial charge in [-0.15, -0.1) is 0 Å². The van der Waals surface area contributed by atoms with Crippen LogP contribution >= 0.6 is 0 Å². The molecule has 8 heteroatoms. The molecule has 2 aromatic rings. The van der Waals surface area contributed by atoms with Gasteiger partial charge in [-0.1, -0.05) is 19.3 Å². The van der Waals surface area contributed by atoms with Gasteiger partial charge in [0.05, 0.1) is 13.5 Å². The number of carbonyl (C=O) groups excluding carboxylic acids is 3. The van der Waals surface area contributed by atoms with E-state index in [2.05, 4.69) is 20.5 Å². The number of aromatic nitrogens is 1. The molecule has 0 saturated carbocycles. The maximum Gasteiger partial charge on any atom is 0.242 e. The largest absolute Gasteiger partial charge is 0.497 e. The van der Waals surface area contributed by atoms with Crippen molar-refractivity contribution in [2.45, 2.75) is 77.7 Å². The van der Waals surface area contributed by atoms with E-state index in [1.807, 2.05) is 25.1 Å². The molecule has 36 heavy (non-hydrogen) atoms. The summed E-state index contributed by atoms with van der Waals surface area (Å²) in [5.41, 5.74) is 2.79. The van der Waals surface area contributed by atoms with Crippen molar-refractivity contribution >= 4 is 28.5 Å². The Morgan fingerprint density at radius 3 is 2.61 bits per heavy atom. The van der Waals surface area contributed by atoms with Crippen LogP contribution in [0.2, 0.25) is 0 Å². The minimum absolute atomic E-state index is 0.135. The summed E-state index contributed by atoms with van der Waals surface area (Å²) >= 11 is 0. The van der Waals surface area contributed by atoms with Gasteiger partial charge < -0.3 is 30.0 Å². The Hall–Kier alpha value is -2.87. The molecule has 1 aliphatic heterocycles. The van der Waals surface area contributed by atoms with Gasteiger partial charge in [0.15, 0.2) is 0 Å². The molecule has 1 atom stereocenters. The number of ketones is 1. The first kappa shape index (κ1) is 27.7. The number of nitrogens with one attached hydrogen (secondary N) is 3. The molecule has 1 aromatic heterocycles. The molecule has 0 aliphatic carbocycles. The normalized spacial score (nSPS) is 15.0. The number of nitrogens with zero attached hydrogens (tertiary/aromatic N) is 1. The number of Topliss-reactive ketones (excluding diaryl/α,β-unsaturated/α-hetero) is 1. The molecule has 8 nitrogen and oxygen atoms in total. The maximum atomic E-state index is 13.1. The van der Waals surface area contributed by atoms with Crippen molar-refractivity contribution < 1.29 is 19.1 Å². The SMILES string of the molecule is COc1ccc2[nH]c(C)c(CC(=O)N[C@@H](CCCCCC(C)=O)C(=O)NCCN3CCCCC3)c2c1. The molecule has 3 rings (SSSR count). The summed E-state index contributed by atoms with van der Waals surface area (Å²) < 4.78 is 5.36. The second-order valence-electron chi connectivity index (χ2n) is 9.93. The third-order valence-electron chi connectivity index (χ3n) is 7.01. The lowest BCUT2D eigenvalue weighted by molar-refractivity contribution is -0.129. The summed E-state index contributed by atoms with van der Waals surface area (Å²) in [5, 5.41) is 6.98. The summed E-state index contributed by atoms with van der Waals surface area (Å²) in [6, 6.07) is 5.18. The lowest BCUT2D eigenvalue weighted by Crippen LogP contribution is -2.48. The molecule has 0 spiro atoms. The molecular formula is C28H42N4O4. The van der Waals surface area contributed by atoms with E-state index in [4.69, 9.17) is 4.74 Å². The van der Waals surface area contributed by atoms with Crippen LogP contribution in [0.15, 0.2) is 18.2 Å². The van der Waals surface area contributed by atoms with E-state index >= 15 is 0 Å². The lowest BCUT2D eigenvalue weighted by Gasteiger charge is -2.27. The minimum atomic E-state index is -0.587.